The number of aromatic nitrogens is 2. The molecule has 11 nitrogen and oxygen atoms in total. The van der Waals surface area contributed by atoms with E-state index < -0.39 is 41.4 Å². The van der Waals surface area contributed by atoms with Crippen LogP contribution in [0, 0.1) is 11.3 Å². The van der Waals surface area contributed by atoms with E-state index in [1.54, 1.807) is 19.9 Å². The molecule has 0 radical (unpaired) electrons. The fourth-order valence-electron chi connectivity index (χ4n) is 3.66. The molecule has 2 aromatic rings. The van der Waals surface area contributed by atoms with Gasteiger partial charge in [0.25, 0.3) is 0 Å². The van der Waals surface area contributed by atoms with Crippen molar-refractivity contribution in [2.75, 3.05) is 7.11 Å². The van der Waals surface area contributed by atoms with Crippen molar-refractivity contribution in [3.63, 3.8) is 0 Å². The van der Waals surface area contributed by atoms with Gasteiger partial charge in [-0.15, -0.1) is 0 Å². The topological polar surface area (TPSA) is 157 Å². The number of aliphatic hydroxyl groups is 1. The van der Waals surface area contributed by atoms with Gasteiger partial charge in [-0.3, -0.25) is 9.59 Å². The van der Waals surface area contributed by atoms with Gasteiger partial charge >= 0.3 is 5.97 Å². The highest BCUT2D eigenvalue weighted by molar-refractivity contribution is 5.89. The molecule has 1 aliphatic rings. The second kappa shape index (κ2) is 11.1. The Hall–Kier alpha value is -3.47. The number of oxazole rings is 2. The molecule has 0 aromatic carbocycles. The Balaban J connectivity index is 1.97. The number of amides is 2. The molecule has 3 heterocycles. The maximum Gasteiger partial charge on any atom is 0.360 e. The van der Waals surface area contributed by atoms with Crippen LogP contribution in [0.3, 0.4) is 0 Å². The average Bonchev–Trinajstić information content (AvgIpc) is 3.46. The van der Waals surface area contributed by atoms with Crippen LogP contribution in [-0.4, -0.2) is 52.1 Å². The van der Waals surface area contributed by atoms with Gasteiger partial charge in [0, 0.05) is 6.42 Å². The van der Waals surface area contributed by atoms with Crippen molar-refractivity contribution in [1.29, 1.82) is 0 Å². The van der Waals surface area contributed by atoms with E-state index in [9.17, 15) is 19.5 Å². The van der Waals surface area contributed by atoms with Gasteiger partial charge in [-0.2, -0.15) is 0 Å². The molecular weight excluding hydrogens is 468 g/mol. The van der Waals surface area contributed by atoms with Crippen molar-refractivity contribution in [1.82, 2.24) is 20.6 Å². The summed E-state index contributed by atoms with van der Waals surface area (Å²) >= 11 is 0. The van der Waals surface area contributed by atoms with E-state index in [4.69, 9.17) is 13.6 Å². The van der Waals surface area contributed by atoms with Crippen molar-refractivity contribution < 1.29 is 33.1 Å². The molecule has 1 aliphatic heterocycles. The second-order valence-electron chi connectivity index (χ2n) is 10.2. The fraction of sp³-hybridized carbons (Fsp3) is 0.560. The van der Waals surface area contributed by atoms with E-state index in [-0.39, 0.29) is 29.8 Å². The molecule has 11 heteroatoms. The minimum absolute atomic E-state index is 0.00338. The van der Waals surface area contributed by atoms with Crippen LogP contribution in [0.5, 0.6) is 0 Å². The van der Waals surface area contributed by atoms with Gasteiger partial charge in [-0.05, 0) is 24.2 Å². The number of ether oxygens (including phenoxy) is 1. The van der Waals surface area contributed by atoms with E-state index in [1.165, 1.54) is 13.4 Å². The number of aliphatic hydroxyl groups excluding tert-OH is 1. The third-order valence-corrected chi connectivity index (χ3v) is 5.82. The Morgan fingerprint density at radius 3 is 2.61 bits per heavy atom. The molecule has 36 heavy (non-hydrogen) atoms. The summed E-state index contributed by atoms with van der Waals surface area (Å²) in [6, 6.07) is -1.56. The van der Waals surface area contributed by atoms with Crippen LogP contribution in [0.1, 0.15) is 75.6 Å². The molecule has 3 atom stereocenters. The highest BCUT2D eigenvalue weighted by Crippen LogP contribution is 2.36. The summed E-state index contributed by atoms with van der Waals surface area (Å²) in [5.74, 6) is -1.13. The summed E-state index contributed by atoms with van der Waals surface area (Å²) in [5, 5.41) is 15.7. The molecule has 2 bridgehead atoms. The lowest BCUT2D eigenvalue weighted by Crippen LogP contribution is -2.52. The first-order valence-corrected chi connectivity index (χ1v) is 11.9. The second-order valence-corrected chi connectivity index (χ2v) is 10.2. The van der Waals surface area contributed by atoms with Gasteiger partial charge in [-0.25, -0.2) is 14.8 Å². The average molecular weight is 503 g/mol. The number of methoxy groups -OCH3 is 1. The highest BCUT2D eigenvalue weighted by atomic mass is 16.5. The molecule has 0 aliphatic carbocycles. The molecule has 0 fully saturated rings. The number of nitrogens with zero attached hydrogens (tertiary/aromatic N) is 2. The van der Waals surface area contributed by atoms with Gasteiger partial charge in [0.1, 0.15) is 30.2 Å². The maximum absolute atomic E-state index is 13.3. The van der Waals surface area contributed by atoms with E-state index in [0.717, 1.165) is 0 Å². The Morgan fingerprint density at radius 2 is 1.97 bits per heavy atom. The van der Waals surface area contributed by atoms with E-state index in [2.05, 4.69) is 20.6 Å². The summed E-state index contributed by atoms with van der Waals surface area (Å²) in [6.07, 6.45) is 4.91. The van der Waals surface area contributed by atoms with Crippen molar-refractivity contribution >= 4 is 17.8 Å². The molecule has 2 amide bonds. The van der Waals surface area contributed by atoms with Crippen LogP contribution in [0.2, 0.25) is 0 Å². The van der Waals surface area contributed by atoms with Gasteiger partial charge in [0.05, 0.1) is 7.11 Å². The third-order valence-electron chi connectivity index (χ3n) is 5.82. The SMILES string of the molecule is COC(=O)c1coc(-c2nc3oc2CC/C=C/C[C@H](NC(=O)[C@@H](O)C(C)C)C(=O)N[C@H]3C(C)(C)C)n1. The first kappa shape index (κ1) is 27.1. The van der Waals surface area contributed by atoms with Gasteiger partial charge in [-0.1, -0.05) is 46.8 Å². The minimum Gasteiger partial charge on any atom is -0.464 e. The van der Waals surface area contributed by atoms with Crippen LogP contribution in [0.25, 0.3) is 11.6 Å². The van der Waals surface area contributed by atoms with Crippen molar-refractivity contribution in [2.24, 2.45) is 11.3 Å². The Bertz CT molecular complexity index is 1130. The highest BCUT2D eigenvalue weighted by Gasteiger charge is 2.36. The molecule has 3 rings (SSSR count). The predicted molar refractivity (Wildman–Crippen MR) is 129 cm³/mol. The molecule has 0 saturated carbocycles. The van der Waals surface area contributed by atoms with Gasteiger partial charge in [0.15, 0.2) is 11.4 Å². The number of allylic oxidation sites excluding steroid dienone is 1. The monoisotopic (exact) mass is 502 g/mol. The minimum atomic E-state index is -1.23. The van der Waals surface area contributed by atoms with E-state index in [1.807, 2.05) is 26.8 Å². The number of aryl methyl sites for hydroxylation is 1. The van der Waals surface area contributed by atoms with Crippen molar-refractivity contribution in [3.8, 4) is 11.6 Å². The maximum atomic E-state index is 13.3. The van der Waals surface area contributed by atoms with Crippen molar-refractivity contribution in [3.05, 3.63) is 35.8 Å². The first-order valence-electron chi connectivity index (χ1n) is 11.9. The quantitative estimate of drug-likeness (QED) is 0.413. The summed E-state index contributed by atoms with van der Waals surface area (Å²) in [4.78, 5) is 46.4. The molecule has 0 unspecified atom stereocenters. The largest absolute Gasteiger partial charge is 0.464 e. The number of hydrogen-bond donors (Lipinski definition) is 3. The summed E-state index contributed by atoms with van der Waals surface area (Å²) in [5.41, 5.74) is -0.181. The zero-order valence-electron chi connectivity index (χ0n) is 21.5. The zero-order chi connectivity index (χ0) is 26.6. The van der Waals surface area contributed by atoms with E-state index >= 15 is 0 Å². The fourth-order valence-corrected chi connectivity index (χ4v) is 3.66. The molecule has 2 aromatic heterocycles. The predicted octanol–water partition coefficient (Wildman–Crippen LogP) is 2.71. The number of nitrogens with one attached hydrogen (secondary N) is 2. The van der Waals surface area contributed by atoms with Crippen LogP contribution in [0.4, 0.5) is 0 Å². The number of hydrogen-bond acceptors (Lipinski definition) is 9. The first-order chi connectivity index (χ1) is 16.9. The lowest BCUT2D eigenvalue weighted by atomic mass is 9.86. The number of esters is 1. The molecule has 0 saturated heterocycles. The Kier molecular flexibility index (Phi) is 8.34. The molecule has 0 spiro atoms. The number of carbonyl (C=O) groups is 3. The normalized spacial score (nSPS) is 20.6. The zero-order valence-corrected chi connectivity index (χ0v) is 21.5. The Morgan fingerprint density at radius 1 is 1.25 bits per heavy atom. The Labute approximate surface area is 209 Å². The number of carbonyl (C=O) groups excluding carboxylic acids is 3. The molecule has 196 valence electrons. The standard InChI is InChI=1S/C25H34N4O7/c1-13(2)18(30)21(32)26-14-10-8-7-9-11-16-17(22-27-15(12-35-22)24(33)34-6)28-23(36-16)19(25(3,4)5)29-20(14)31/h7-8,12-14,18-19,30H,9-11H2,1-6H3,(H,26,32)(H,29,31)/b8-7+/t14-,18-,19+/m0/s1. The third kappa shape index (κ3) is 6.20. The van der Waals surface area contributed by atoms with Crippen LogP contribution < -0.4 is 10.6 Å². The van der Waals surface area contributed by atoms with Crippen LogP contribution in [0.15, 0.2) is 27.2 Å². The van der Waals surface area contributed by atoms with Gasteiger partial charge < -0.3 is 29.3 Å². The summed E-state index contributed by atoms with van der Waals surface area (Å²) < 4.78 is 16.3. The van der Waals surface area contributed by atoms with Gasteiger partial charge in [0.2, 0.25) is 23.6 Å². The lowest BCUT2D eigenvalue weighted by Gasteiger charge is -2.31. The molecular formula is C25H34N4O7. The smallest absolute Gasteiger partial charge is 0.360 e. The van der Waals surface area contributed by atoms with Crippen molar-refractivity contribution in [2.45, 2.75) is 72.1 Å². The lowest BCUT2D eigenvalue weighted by molar-refractivity contribution is -0.136. The van der Waals surface area contributed by atoms with Crippen LogP contribution >= 0.6 is 0 Å². The summed E-state index contributed by atoms with van der Waals surface area (Å²) in [6.45, 7) is 9.21. The number of rotatable bonds is 5. The van der Waals surface area contributed by atoms with Crippen LogP contribution in [-0.2, 0) is 20.7 Å². The summed E-state index contributed by atoms with van der Waals surface area (Å²) in [7, 11) is 1.25. The van der Waals surface area contributed by atoms with E-state index in [0.29, 0.717) is 24.3 Å². The number of fused-ring (bicyclic) bond motifs is 2. The molecule has 3 N–H and O–H groups in total.